The summed E-state index contributed by atoms with van der Waals surface area (Å²) in [4.78, 5) is 2.68. The highest BCUT2D eigenvalue weighted by Crippen LogP contribution is 2.32. The summed E-state index contributed by atoms with van der Waals surface area (Å²) >= 11 is 0. The van der Waals surface area contributed by atoms with E-state index < -0.39 is 0 Å². The SMILES string of the molecule is CC1CN(CC2CCCc3ccccc32)CCCN1. The van der Waals surface area contributed by atoms with E-state index in [1.807, 2.05) is 0 Å². The minimum absolute atomic E-state index is 0.640. The van der Waals surface area contributed by atoms with Gasteiger partial charge < -0.3 is 10.2 Å². The van der Waals surface area contributed by atoms with Gasteiger partial charge in [0.2, 0.25) is 0 Å². The first kappa shape index (κ1) is 13.1. The van der Waals surface area contributed by atoms with Crippen molar-refractivity contribution in [3.05, 3.63) is 35.4 Å². The zero-order valence-electron chi connectivity index (χ0n) is 12.1. The van der Waals surface area contributed by atoms with Crippen LogP contribution in [0.3, 0.4) is 0 Å². The van der Waals surface area contributed by atoms with Crippen LogP contribution < -0.4 is 5.32 Å². The van der Waals surface area contributed by atoms with E-state index in [9.17, 15) is 0 Å². The fourth-order valence-corrected chi connectivity index (χ4v) is 3.72. The van der Waals surface area contributed by atoms with Gasteiger partial charge in [0.1, 0.15) is 0 Å². The Hall–Kier alpha value is -0.860. The van der Waals surface area contributed by atoms with Crippen LogP contribution >= 0.6 is 0 Å². The fourth-order valence-electron chi connectivity index (χ4n) is 3.72. The Morgan fingerprint density at radius 1 is 1.26 bits per heavy atom. The van der Waals surface area contributed by atoms with Gasteiger partial charge in [-0.2, -0.15) is 0 Å². The summed E-state index contributed by atoms with van der Waals surface area (Å²) in [6.45, 7) is 7.21. The van der Waals surface area contributed by atoms with Crippen molar-refractivity contribution in [3.63, 3.8) is 0 Å². The molecule has 2 aliphatic rings. The maximum absolute atomic E-state index is 3.59. The lowest BCUT2D eigenvalue weighted by atomic mass is 9.82. The predicted molar refractivity (Wildman–Crippen MR) is 80.6 cm³/mol. The molecule has 1 aromatic carbocycles. The summed E-state index contributed by atoms with van der Waals surface area (Å²) in [6.07, 6.45) is 5.31. The first-order valence-electron chi connectivity index (χ1n) is 7.86. The lowest BCUT2D eigenvalue weighted by Gasteiger charge is -2.31. The molecule has 0 amide bonds. The van der Waals surface area contributed by atoms with Gasteiger partial charge in [-0.3, -0.25) is 0 Å². The molecule has 2 unspecified atom stereocenters. The monoisotopic (exact) mass is 258 g/mol. The van der Waals surface area contributed by atoms with Crippen molar-refractivity contribution in [1.82, 2.24) is 10.2 Å². The van der Waals surface area contributed by atoms with E-state index >= 15 is 0 Å². The molecule has 1 fully saturated rings. The van der Waals surface area contributed by atoms with E-state index in [1.165, 1.54) is 51.9 Å². The Bertz CT molecular complexity index is 415. The molecule has 0 radical (unpaired) electrons. The average Bonchev–Trinajstić information content (AvgIpc) is 2.63. The second-order valence-corrected chi connectivity index (χ2v) is 6.26. The number of aryl methyl sites for hydroxylation is 1. The van der Waals surface area contributed by atoms with Crippen molar-refractivity contribution in [2.75, 3.05) is 26.2 Å². The third-order valence-electron chi connectivity index (χ3n) is 4.65. The van der Waals surface area contributed by atoms with Gasteiger partial charge in [-0.1, -0.05) is 24.3 Å². The molecule has 1 N–H and O–H groups in total. The molecule has 1 aromatic rings. The number of nitrogens with one attached hydrogen (secondary N) is 1. The van der Waals surface area contributed by atoms with Crippen LogP contribution in [0.2, 0.25) is 0 Å². The predicted octanol–water partition coefficient (Wildman–Crippen LogP) is 2.79. The van der Waals surface area contributed by atoms with Gasteiger partial charge in [-0.05, 0) is 62.7 Å². The second-order valence-electron chi connectivity index (χ2n) is 6.26. The highest BCUT2D eigenvalue weighted by atomic mass is 15.2. The van der Waals surface area contributed by atoms with Gasteiger partial charge in [-0.15, -0.1) is 0 Å². The number of rotatable bonds is 2. The minimum Gasteiger partial charge on any atom is -0.313 e. The average molecular weight is 258 g/mol. The van der Waals surface area contributed by atoms with Gasteiger partial charge >= 0.3 is 0 Å². The van der Waals surface area contributed by atoms with Crippen LogP contribution in [-0.2, 0) is 6.42 Å². The van der Waals surface area contributed by atoms with Crippen molar-refractivity contribution >= 4 is 0 Å². The van der Waals surface area contributed by atoms with Gasteiger partial charge in [-0.25, -0.2) is 0 Å². The van der Waals surface area contributed by atoms with Crippen LogP contribution in [0.15, 0.2) is 24.3 Å². The Balaban J connectivity index is 1.70. The normalized spacial score (nSPS) is 28.7. The maximum Gasteiger partial charge on any atom is 0.0166 e. The molecule has 3 rings (SSSR count). The zero-order valence-corrected chi connectivity index (χ0v) is 12.1. The van der Waals surface area contributed by atoms with Crippen LogP contribution in [0.5, 0.6) is 0 Å². The third kappa shape index (κ3) is 3.18. The van der Waals surface area contributed by atoms with Crippen molar-refractivity contribution in [2.45, 2.75) is 44.6 Å². The molecule has 1 saturated heterocycles. The number of hydrogen-bond acceptors (Lipinski definition) is 2. The van der Waals surface area contributed by atoms with Crippen molar-refractivity contribution in [1.29, 1.82) is 0 Å². The number of benzene rings is 1. The fraction of sp³-hybridized carbons (Fsp3) is 0.647. The Morgan fingerprint density at radius 2 is 2.16 bits per heavy atom. The van der Waals surface area contributed by atoms with Crippen molar-refractivity contribution in [2.24, 2.45) is 0 Å². The van der Waals surface area contributed by atoms with Crippen molar-refractivity contribution < 1.29 is 0 Å². The van der Waals surface area contributed by atoms with Gasteiger partial charge in [0.05, 0.1) is 0 Å². The molecule has 0 saturated carbocycles. The molecular formula is C17H26N2. The molecule has 104 valence electrons. The molecule has 19 heavy (non-hydrogen) atoms. The van der Waals surface area contributed by atoms with Crippen LogP contribution in [0.4, 0.5) is 0 Å². The number of hydrogen-bond donors (Lipinski definition) is 1. The summed E-state index contributed by atoms with van der Waals surface area (Å²) in [6, 6.07) is 9.73. The standard InChI is InChI=1S/C17H26N2/c1-14-12-19(11-5-10-18-14)13-16-8-4-7-15-6-2-3-9-17(15)16/h2-3,6,9,14,16,18H,4-5,7-8,10-13H2,1H3. The molecule has 0 bridgehead atoms. The quantitative estimate of drug-likeness (QED) is 0.877. The highest BCUT2D eigenvalue weighted by Gasteiger charge is 2.23. The first-order valence-corrected chi connectivity index (χ1v) is 7.86. The van der Waals surface area contributed by atoms with E-state index in [-0.39, 0.29) is 0 Å². The highest BCUT2D eigenvalue weighted by molar-refractivity contribution is 5.32. The van der Waals surface area contributed by atoms with E-state index in [2.05, 4.69) is 41.4 Å². The largest absolute Gasteiger partial charge is 0.313 e. The van der Waals surface area contributed by atoms with Gasteiger partial charge in [0.15, 0.2) is 0 Å². The summed E-state index contributed by atoms with van der Waals surface area (Å²) < 4.78 is 0. The lowest BCUT2D eigenvalue weighted by molar-refractivity contribution is 0.247. The van der Waals surface area contributed by atoms with E-state index in [0.29, 0.717) is 6.04 Å². The third-order valence-corrected chi connectivity index (χ3v) is 4.65. The van der Waals surface area contributed by atoms with Crippen LogP contribution in [0.1, 0.15) is 43.2 Å². The number of fused-ring (bicyclic) bond motifs is 1. The van der Waals surface area contributed by atoms with Crippen LogP contribution in [0, 0.1) is 0 Å². The van der Waals surface area contributed by atoms with Crippen LogP contribution in [0.25, 0.3) is 0 Å². The molecule has 0 aromatic heterocycles. The minimum atomic E-state index is 0.640. The molecule has 2 nitrogen and oxygen atoms in total. The maximum atomic E-state index is 3.59. The van der Waals surface area contributed by atoms with Crippen molar-refractivity contribution in [3.8, 4) is 0 Å². The summed E-state index contributed by atoms with van der Waals surface area (Å²) in [5.74, 6) is 0.759. The van der Waals surface area contributed by atoms with Gasteiger partial charge in [0.25, 0.3) is 0 Å². The summed E-state index contributed by atoms with van der Waals surface area (Å²) in [5.41, 5.74) is 3.22. The molecular weight excluding hydrogens is 232 g/mol. The molecule has 1 heterocycles. The first-order chi connectivity index (χ1) is 9.33. The van der Waals surface area contributed by atoms with E-state index in [0.717, 1.165) is 5.92 Å². The Morgan fingerprint density at radius 3 is 3.11 bits per heavy atom. The van der Waals surface area contributed by atoms with E-state index in [1.54, 1.807) is 11.1 Å². The topological polar surface area (TPSA) is 15.3 Å². The lowest BCUT2D eigenvalue weighted by Crippen LogP contribution is -2.37. The summed E-state index contributed by atoms with van der Waals surface area (Å²) in [5, 5.41) is 3.59. The Kier molecular flexibility index (Phi) is 4.19. The number of nitrogens with zero attached hydrogens (tertiary/aromatic N) is 1. The molecule has 1 aliphatic carbocycles. The molecule has 0 spiro atoms. The summed E-state index contributed by atoms with van der Waals surface area (Å²) in [7, 11) is 0. The molecule has 2 atom stereocenters. The van der Waals surface area contributed by atoms with Crippen LogP contribution in [-0.4, -0.2) is 37.1 Å². The molecule has 2 heteroatoms. The smallest absolute Gasteiger partial charge is 0.0166 e. The van der Waals surface area contributed by atoms with Gasteiger partial charge in [0, 0.05) is 19.1 Å². The van der Waals surface area contributed by atoms with E-state index in [4.69, 9.17) is 0 Å². The Labute approximate surface area is 117 Å². The second kappa shape index (κ2) is 6.06. The zero-order chi connectivity index (χ0) is 13.1. The molecule has 1 aliphatic heterocycles.